The Morgan fingerprint density at radius 1 is 1.30 bits per heavy atom. The average Bonchev–Trinajstić information content (AvgIpc) is 2.71. The second-order valence-electron chi connectivity index (χ2n) is 6.00. The Labute approximate surface area is 118 Å². The number of carbonyl (C=O) groups excluding carboxylic acids is 2. The highest BCUT2D eigenvalue weighted by atomic mass is 16.4. The van der Waals surface area contributed by atoms with Crippen LogP contribution in [-0.2, 0) is 9.59 Å². The molecule has 0 bridgehead atoms. The van der Waals surface area contributed by atoms with E-state index in [9.17, 15) is 14.4 Å². The summed E-state index contributed by atoms with van der Waals surface area (Å²) in [7, 11) is 0. The van der Waals surface area contributed by atoms with Crippen LogP contribution in [0.1, 0.15) is 39.5 Å². The Morgan fingerprint density at radius 3 is 2.50 bits per heavy atom. The highest BCUT2D eigenvalue weighted by Gasteiger charge is 2.33. The molecule has 3 amide bonds. The van der Waals surface area contributed by atoms with Crippen molar-refractivity contribution in [2.75, 3.05) is 6.54 Å². The quantitative estimate of drug-likeness (QED) is 0.565. The minimum Gasteiger partial charge on any atom is -0.481 e. The molecular weight excluding hydrogens is 262 g/mol. The third kappa shape index (κ3) is 5.07. The van der Waals surface area contributed by atoms with Crippen LogP contribution in [0.5, 0.6) is 0 Å². The lowest BCUT2D eigenvalue weighted by molar-refractivity contribution is -0.142. The maximum absolute atomic E-state index is 11.8. The number of primary amides is 1. The minimum absolute atomic E-state index is 0.0301. The van der Waals surface area contributed by atoms with Gasteiger partial charge in [0.15, 0.2) is 0 Å². The molecule has 7 nitrogen and oxygen atoms in total. The van der Waals surface area contributed by atoms with E-state index >= 15 is 0 Å². The largest absolute Gasteiger partial charge is 0.481 e. The van der Waals surface area contributed by atoms with Gasteiger partial charge in [0.2, 0.25) is 5.91 Å². The zero-order chi connectivity index (χ0) is 15.3. The van der Waals surface area contributed by atoms with E-state index < -0.39 is 23.4 Å². The van der Waals surface area contributed by atoms with Crippen LogP contribution >= 0.6 is 0 Å². The lowest BCUT2D eigenvalue weighted by Gasteiger charge is -2.25. The molecule has 1 aliphatic rings. The molecule has 1 saturated carbocycles. The Hall–Kier alpha value is -1.79. The molecule has 5 N–H and O–H groups in total. The fourth-order valence-corrected chi connectivity index (χ4v) is 2.66. The molecule has 0 aromatic heterocycles. The highest BCUT2D eigenvalue weighted by molar-refractivity contribution is 5.78. The molecule has 0 aromatic rings. The van der Waals surface area contributed by atoms with Crippen LogP contribution in [0.4, 0.5) is 4.79 Å². The van der Waals surface area contributed by atoms with Crippen molar-refractivity contribution in [3.05, 3.63) is 0 Å². The van der Waals surface area contributed by atoms with Gasteiger partial charge in [-0.15, -0.1) is 0 Å². The molecule has 0 spiro atoms. The number of aliphatic carboxylic acids is 1. The normalized spacial score (nSPS) is 22.3. The number of carboxylic acids is 1. The molecule has 1 fully saturated rings. The van der Waals surface area contributed by atoms with Crippen molar-refractivity contribution < 1.29 is 19.5 Å². The first kappa shape index (κ1) is 16.3. The van der Waals surface area contributed by atoms with Crippen LogP contribution in [0.15, 0.2) is 0 Å². The van der Waals surface area contributed by atoms with Gasteiger partial charge in [-0.25, -0.2) is 4.79 Å². The van der Waals surface area contributed by atoms with Gasteiger partial charge in [-0.1, -0.05) is 6.42 Å². The maximum Gasteiger partial charge on any atom is 0.315 e. The minimum atomic E-state index is -0.802. The monoisotopic (exact) mass is 285 g/mol. The van der Waals surface area contributed by atoms with Crippen molar-refractivity contribution in [3.8, 4) is 0 Å². The van der Waals surface area contributed by atoms with E-state index in [0.717, 1.165) is 12.8 Å². The number of nitrogens with one attached hydrogen (secondary N) is 2. The van der Waals surface area contributed by atoms with Crippen molar-refractivity contribution in [1.82, 2.24) is 10.6 Å². The summed E-state index contributed by atoms with van der Waals surface area (Å²) in [6, 6.07) is -0.410. The number of nitrogens with two attached hydrogens (primary N) is 1. The van der Waals surface area contributed by atoms with Crippen molar-refractivity contribution in [2.45, 2.75) is 45.1 Å². The molecule has 0 radical (unpaired) electrons. The van der Waals surface area contributed by atoms with Gasteiger partial charge in [0, 0.05) is 18.5 Å². The fraction of sp³-hybridized carbons (Fsp3) is 0.769. The molecule has 0 aromatic carbocycles. The van der Waals surface area contributed by atoms with Gasteiger partial charge >= 0.3 is 12.0 Å². The lowest BCUT2D eigenvalue weighted by atomic mass is 9.96. The molecule has 0 aliphatic heterocycles. The number of urea groups is 1. The summed E-state index contributed by atoms with van der Waals surface area (Å²) in [5.74, 6) is -1.70. The van der Waals surface area contributed by atoms with Gasteiger partial charge in [-0.3, -0.25) is 9.59 Å². The van der Waals surface area contributed by atoms with Gasteiger partial charge in [0.25, 0.3) is 0 Å². The van der Waals surface area contributed by atoms with Crippen LogP contribution in [0, 0.1) is 11.8 Å². The number of carbonyl (C=O) groups is 3. The van der Waals surface area contributed by atoms with Crippen molar-refractivity contribution >= 4 is 17.9 Å². The number of carboxylic acid groups (broad SMARTS) is 1. The molecule has 0 saturated heterocycles. The van der Waals surface area contributed by atoms with Gasteiger partial charge in [-0.2, -0.15) is 0 Å². The predicted octanol–water partition coefficient (Wildman–Crippen LogP) is 0.441. The summed E-state index contributed by atoms with van der Waals surface area (Å²) < 4.78 is 0. The number of hydrogen-bond donors (Lipinski definition) is 4. The first-order valence-corrected chi connectivity index (χ1v) is 6.78. The number of hydrogen-bond acceptors (Lipinski definition) is 3. The predicted molar refractivity (Wildman–Crippen MR) is 72.9 cm³/mol. The average molecular weight is 285 g/mol. The zero-order valence-electron chi connectivity index (χ0n) is 11.9. The van der Waals surface area contributed by atoms with Crippen molar-refractivity contribution in [1.29, 1.82) is 0 Å². The van der Waals surface area contributed by atoms with Crippen molar-refractivity contribution in [2.24, 2.45) is 17.6 Å². The van der Waals surface area contributed by atoms with Gasteiger partial charge in [0.1, 0.15) is 0 Å². The highest BCUT2D eigenvalue weighted by Crippen LogP contribution is 2.31. The van der Waals surface area contributed by atoms with Gasteiger partial charge < -0.3 is 21.5 Å². The summed E-state index contributed by atoms with van der Waals surface area (Å²) in [5, 5.41) is 14.4. The molecule has 114 valence electrons. The van der Waals surface area contributed by atoms with Crippen LogP contribution in [-0.4, -0.2) is 35.1 Å². The van der Waals surface area contributed by atoms with E-state index in [2.05, 4.69) is 10.6 Å². The standard InChI is InChI=1S/C13H23N3O4/c1-13(2,6-10(14)17)16-12(20)15-7-8-4-3-5-9(8)11(18)19/h8-9H,3-7H2,1-2H3,(H2,14,17)(H,18,19)(H2,15,16,20). The SMILES string of the molecule is CC(C)(CC(N)=O)NC(=O)NCC1CCCC1C(=O)O. The summed E-state index contributed by atoms with van der Waals surface area (Å²) in [6.45, 7) is 3.73. The number of amides is 3. The first-order chi connectivity index (χ1) is 9.21. The van der Waals surface area contributed by atoms with E-state index in [4.69, 9.17) is 10.8 Å². The van der Waals surface area contributed by atoms with E-state index in [1.165, 1.54) is 0 Å². The van der Waals surface area contributed by atoms with Crippen LogP contribution in [0.25, 0.3) is 0 Å². The van der Waals surface area contributed by atoms with Gasteiger partial charge in [-0.05, 0) is 32.6 Å². The molecule has 2 atom stereocenters. The second kappa shape index (κ2) is 6.58. The topological polar surface area (TPSA) is 122 Å². The molecule has 20 heavy (non-hydrogen) atoms. The van der Waals surface area contributed by atoms with E-state index in [-0.39, 0.29) is 18.3 Å². The van der Waals surface area contributed by atoms with Crippen LogP contribution in [0.2, 0.25) is 0 Å². The molecule has 1 rings (SSSR count). The Balaban J connectivity index is 2.40. The zero-order valence-corrected chi connectivity index (χ0v) is 11.9. The maximum atomic E-state index is 11.8. The smallest absolute Gasteiger partial charge is 0.315 e. The van der Waals surface area contributed by atoms with Crippen LogP contribution < -0.4 is 16.4 Å². The lowest BCUT2D eigenvalue weighted by Crippen LogP contribution is -2.51. The van der Waals surface area contributed by atoms with E-state index in [1.54, 1.807) is 13.8 Å². The van der Waals surface area contributed by atoms with E-state index in [0.29, 0.717) is 13.0 Å². The van der Waals surface area contributed by atoms with E-state index in [1.807, 2.05) is 0 Å². The Morgan fingerprint density at radius 2 is 1.95 bits per heavy atom. The first-order valence-electron chi connectivity index (χ1n) is 6.78. The summed E-state index contributed by atoms with van der Waals surface area (Å²) in [6.07, 6.45) is 2.39. The molecule has 0 heterocycles. The Bertz CT molecular complexity index is 395. The third-order valence-corrected chi connectivity index (χ3v) is 3.57. The van der Waals surface area contributed by atoms with Gasteiger partial charge in [0.05, 0.1) is 5.92 Å². The third-order valence-electron chi connectivity index (χ3n) is 3.57. The summed E-state index contributed by atoms with van der Waals surface area (Å²) in [4.78, 5) is 33.6. The summed E-state index contributed by atoms with van der Waals surface area (Å²) in [5.41, 5.74) is 4.38. The Kier molecular flexibility index (Phi) is 5.35. The molecular formula is C13H23N3O4. The van der Waals surface area contributed by atoms with Crippen LogP contribution in [0.3, 0.4) is 0 Å². The molecule has 2 unspecified atom stereocenters. The van der Waals surface area contributed by atoms with Crippen molar-refractivity contribution in [3.63, 3.8) is 0 Å². The number of rotatable bonds is 6. The molecule has 7 heteroatoms. The molecule has 1 aliphatic carbocycles. The fourth-order valence-electron chi connectivity index (χ4n) is 2.66. The summed E-state index contributed by atoms with van der Waals surface area (Å²) >= 11 is 0. The second-order valence-corrected chi connectivity index (χ2v) is 6.00.